The quantitative estimate of drug-likeness (QED) is 0.698. The van der Waals surface area contributed by atoms with Gasteiger partial charge in [0, 0.05) is 10.8 Å². The third-order valence-electron chi connectivity index (χ3n) is 3.61. The minimum absolute atomic E-state index is 0.546. The first-order chi connectivity index (χ1) is 9.20. The highest BCUT2D eigenvalue weighted by Gasteiger charge is 2.12. The molecule has 1 unspecified atom stereocenters. The Hall–Kier alpha value is -0.860. The highest BCUT2D eigenvalue weighted by Crippen LogP contribution is 2.21. The lowest BCUT2D eigenvalue weighted by Gasteiger charge is -2.15. The van der Waals surface area contributed by atoms with Gasteiger partial charge < -0.3 is 0 Å². The Bertz CT molecular complexity index is 521. The van der Waals surface area contributed by atoms with Gasteiger partial charge in [-0.1, -0.05) is 24.3 Å². The molecule has 1 aromatic heterocycles. The SMILES string of the molecule is Cc1ccccc1CC(CCl)CCc1scnc1C. The molecule has 0 aliphatic heterocycles. The maximum absolute atomic E-state index is 6.14. The summed E-state index contributed by atoms with van der Waals surface area (Å²) in [6, 6.07) is 8.59. The topological polar surface area (TPSA) is 12.9 Å². The maximum Gasteiger partial charge on any atom is 0.0797 e. The number of thiazole rings is 1. The number of nitrogens with zero attached hydrogens (tertiary/aromatic N) is 1. The molecule has 19 heavy (non-hydrogen) atoms. The second kappa shape index (κ2) is 7.06. The van der Waals surface area contributed by atoms with Crippen molar-refractivity contribution in [3.05, 3.63) is 51.5 Å². The molecule has 0 aliphatic carbocycles. The molecule has 0 saturated carbocycles. The van der Waals surface area contributed by atoms with E-state index in [-0.39, 0.29) is 0 Å². The summed E-state index contributed by atoms with van der Waals surface area (Å²) < 4.78 is 0. The van der Waals surface area contributed by atoms with Gasteiger partial charge in [0.05, 0.1) is 11.2 Å². The van der Waals surface area contributed by atoms with E-state index in [2.05, 4.69) is 43.1 Å². The molecule has 1 nitrogen and oxygen atoms in total. The van der Waals surface area contributed by atoms with Crippen LogP contribution in [0, 0.1) is 19.8 Å². The normalized spacial score (nSPS) is 12.6. The highest BCUT2D eigenvalue weighted by atomic mass is 35.5. The number of benzene rings is 1. The molecule has 0 radical (unpaired) electrons. The molecule has 1 heterocycles. The Kier molecular flexibility index (Phi) is 5.41. The fraction of sp³-hybridized carbons (Fsp3) is 0.438. The lowest BCUT2D eigenvalue weighted by atomic mass is 9.93. The predicted octanol–water partition coefficient (Wildman–Crippen LogP) is 4.79. The summed E-state index contributed by atoms with van der Waals surface area (Å²) in [6.45, 7) is 4.26. The summed E-state index contributed by atoms with van der Waals surface area (Å²) in [5.74, 6) is 1.27. The van der Waals surface area contributed by atoms with Crippen molar-refractivity contribution in [2.45, 2.75) is 33.1 Å². The van der Waals surface area contributed by atoms with Crippen LogP contribution in [-0.4, -0.2) is 10.9 Å². The van der Waals surface area contributed by atoms with Crippen molar-refractivity contribution in [1.82, 2.24) is 4.98 Å². The number of rotatable bonds is 6. The first kappa shape index (κ1) is 14.5. The standard InChI is InChI=1S/C16H20ClNS/c1-12-5-3-4-6-15(12)9-14(10-17)7-8-16-13(2)18-11-19-16/h3-6,11,14H,7-10H2,1-2H3. The van der Waals surface area contributed by atoms with Crippen molar-refractivity contribution >= 4 is 22.9 Å². The summed E-state index contributed by atoms with van der Waals surface area (Å²) in [5.41, 5.74) is 5.90. The van der Waals surface area contributed by atoms with E-state index in [9.17, 15) is 0 Å². The maximum atomic E-state index is 6.14. The molecule has 2 aromatic rings. The summed E-state index contributed by atoms with van der Waals surface area (Å²) in [6.07, 6.45) is 3.31. The van der Waals surface area contributed by atoms with Crippen LogP contribution in [0.25, 0.3) is 0 Å². The summed E-state index contributed by atoms with van der Waals surface area (Å²) >= 11 is 7.89. The molecular formula is C16H20ClNS. The predicted molar refractivity (Wildman–Crippen MR) is 84.3 cm³/mol. The van der Waals surface area contributed by atoms with Crippen molar-refractivity contribution in [3.63, 3.8) is 0 Å². The van der Waals surface area contributed by atoms with Gasteiger partial charge in [-0.25, -0.2) is 4.98 Å². The number of aryl methyl sites for hydroxylation is 3. The highest BCUT2D eigenvalue weighted by molar-refractivity contribution is 7.09. The summed E-state index contributed by atoms with van der Waals surface area (Å²) in [7, 11) is 0. The number of alkyl halides is 1. The van der Waals surface area contributed by atoms with Crippen LogP contribution in [0.4, 0.5) is 0 Å². The third kappa shape index (κ3) is 4.05. The van der Waals surface area contributed by atoms with Gasteiger partial charge in [0.25, 0.3) is 0 Å². The molecule has 1 atom stereocenters. The Labute approximate surface area is 124 Å². The molecule has 0 spiro atoms. The van der Waals surface area contributed by atoms with Gasteiger partial charge in [-0.3, -0.25) is 0 Å². The Morgan fingerprint density at radius 1 is 1.26 bits per heavy atom. The van der Waals surface area contributed by atoms with Gasteiger partial charge in [0.15, 0.2) is 0 Å². The van der Waals surface area contributed by atoms with Crippen LogP contribution in [0.1, 0.15) is 28.1 Å². The third-order valence-corrected chi connectivity index (χ3v) is 5.04. The second-order valence-corrected chi connectivity index (χ2v) is 6.30. The van der Waals surface area contributed by atoms with Gasteiger partial charge in [-0.05, 0) is 50.2 Å². The van der Waals surface area contributed by atoms with Crippen LogP contribution in [-0.2, 0) is 12.8 Å². The van der Waals surface area contributed by atoms with Crippen LogP contribution >= 0.6 is 22.9 Å². The molecule has 0 saturated heterocycles. The zero-order valence-electron chi connectivity index (χ0n) is 11.5. The van der Waals surface area contributed by atoms with Crippen LogP contribution in [0.5, 0.6) is 0 Å². The second-order valence-electron chi connectivity index (χ2n) is 5.05. The van der Waals surface area contributed by atoms with E-state index >= 15 is 0 Å². The zero-order chi connectivity index (χ0) is 13.7. The lowest BCUT2D eigenvalue weighted by molar-refractivity contribution is 0.536. The van der Waals surface area contributed by atoms with E-state index in [4.69, 9.17) is 11.6 Å². The van der Waals surface area contributed by atoms with Gasteiger partial charge in [-0.15, -0.1) is 22.9 Å². The first-order valence-electron chi connectivity index (χ1n) is 6.70. The lowest BCUT2D eigenvalue weighted by Crippen LogP contribution is -2.09. The molecule has 3 heteroatoms. The Balaban J connectivity index is 1.94. The van der Waals surface area contributed by atoms with E-state index in [0.717, 1.165) is 25.1 Å². The van der Waals surface area contributed by atoms with Gasteiger partial charge in [-0.2, -0.15) is 0 Å². The fourth-order valence-corrected chi connectivity index (χ4v) is 3.35. The Morgan fingerprint density at radius 2 is 2.05 bits per heavy atom. The van der Waals surface area contributed by atoms with Crippen molar-refractivity contribution in [2.24, 2.45) is 5.92 Å². The van der Waals surface area contributed by atoms with E-state index in [1.807, 2.05) is 5.51 Å². The van der Waals surface area contributed by atoms with Gasteiger partial charge in [0.1, 0.15) is 0 Å². The minimum atomic E-state index is 0.546. The summed E-state index contributed by atoms with van der Waals surface area (Å²) in [5, 5.41) is 0. The zero-order valence-corrected chi connectivity index (χ0v) is 13.1. The molecule has 0 fully saturated rings. The van der Waals surface area contributed by atoms with Crippen molar-refractivity contribution in [1.29, 1.82) is 0 Å². The van der Waals surface area contributed by atoms with E-state index in [0.29, 0.717) is 5.92 Å². The van der Waals surface area contributed by atoms with Gasteiger partial charge >= 0.3 is 0 Å². The number of hydrogen-bond donors (Lipinski definition) is 0. The van der Waals surface area contributed by atoms with Crippen LogP contribution in [0.3, 0.4) is 0 Å². The molecule has 102 valence electrons. The van der Waals surface area contributed by atoms with Crippen LogP contribution < -0.4 is 0 Å². The average molecular weight is 294 g/mol. The molecule has 0 aliphatic rings. The molecule has 0 N–H and O–H groups in total. The number of hydrogen-bond acceptors (Lipinski definition) is 2. The molecule has 2 rings (SSSR count). The fourth-order valence-electron chi connectivity index (χ4n) is 2.29. The number of aromatic nitrogens is 1. The number of halogens is 1. The van der Waals surface area contributed by atoms with E-state index in [1.165, 1.54) is 21.7 Å². The minimum Gasteiger partial charge on any atom is -0.250 e. The van der Waals surface area contributed by atoms with Crippen molar-refractivity contribution < 1.29 is 0 Å². The molecule has 0 bridgehead atoms. The first-order valence-corrected chi connectivity index (χ1v) is 8.11. The smallest absolute Gasteiger partial charge is 0.0797 e. The largest absolute Gasteiger partial charge is 0.250 e. The molecule has 0 amide bonds. The van der Waals surface area contributed by atoms with Gasteiger partial charge in [0.2, 0.25) is 0 Å². The van der Waals surface area contributed by atoms with Crippen LogP contribution in [0.2, 0.25) is 0 Å². The van der Waals surface area contributed by atoms with Crippen molar-refractivity contribution in [3.8, 4) is 0 Å². The van der Waals surface area contributed by atoms with Crippen LogP contribution in [0.15, 0.2) is 29.8 Å². The molecule has 1 aromatic carbocycles. The average Bonchev–Trinajstić information content (AvgIpc) is 2.82. The van der Waals surface area contributed by atoms with E-state index < -0.39 is 0 Å². The summed E-state index contributed by atoms with van der Waals surface area (Å²) in [4.78, 5) is 5.71. The van der Waals surface area contributed by atoms with E-state index in [1.54, 1.807) is 11.3 Å². The monoisotopic (exact) mass is 293 g/mol. The van der Waals surface area contributed by atoms with Crippen molar-refractivity contribution in [2.75, 3.05) is 5.88 Å². The molecular weight excluding hydrogens is 274 g/mol. The Morgan fingerprint density at radius 3 is 2.68 bits per heavy atom.